The van der Waals surface area contributed by atoms with Gasteiger partial charge in [-0.2, -0.15) is 50.5 Å². The van der Waals surface area contributed by atoms with Crippen LogP contribution in [0.4, 0.5) is 0 Å². The van der Waals surface area contributed by atoms with Crippen LogP contribution in [0.5, 0.6) is 0 Å². The molecule has 0 N–H and O–H groups in total. The number of rotatable bonds is 30. The zero-order valence-corrected chi connectivity index (χ0v) is 34.6. The van der Waals surface area contributed by atoms with E-state index in [4.69, 9.17) is 0 Å². The van der Waals surface area contributed by atoms with Crippen molar-refractivity contribution in [2.45, 2.75) is 164 Å². The molecule has 0 unspecified atom stereocenters. The molecule has 0 aliphatic carbocycles. The second-order valence-corrected chi connectivity index (χ2v) is 17.0. The van der Waals surface area contributed by atoms with Gasteiger partial charge in [-0.3, -0.25) is 9.59 Å². The van der Waals surface area contributed by atoms with E-state index in [-0.39, 0.29) is 33.1 Å². The Morgan fingerprint density at radius 3 is 0.977 bits per heavy atom. The van der Waals surface area contributed by atoms with Gasteiger partial charge < -0.3 is 9.47 Å². The third-order valence-electron chi connectivity index (χ3n) is 6.75. The van der Waals surface area contributed by atoms with Gasteiger partial charge in [-0.05, 0) is 0 Å². The Kier molecular flexibility index (Phi) is 53.7. The van der Waals surface area contributed by atoms with Gasteiger partial charge >= 0.3 is 184 Å². The van der Waals surface area contributed by atoms with Crippen molar-refractivity contribution in [2.75, 3.05) is 36.2 Å². The Hall–Kier alpha value is 1.14. The molecular weight excluding hydrogens is 719 g/mol. The van der Waals surface area contributed by atoms with E-state index in [1.165, 1.54) is 116 Å². The van der Waals surface area contributed by atoms with Crippen molar-refractivity contribution in [3.05, 3.63) is 0 Å². The quantitative estimate of drug-likeness (QED) is 0.0253. The summed E-state index contributed by atoms with van der Waals surface area (Å²) in [4.78, 5) is 21.0. The van der Waals surface area contributed by atoms with Crippen LogP contribution in [0.3, 0.4) is 0 Å². The van der Waals surface area contributed by atoms with E-state index >= 15 is 0 Å². The summed E-state index contributed by atoms with van der Waals surface area (Å²) < 4.78 is 12.7. The molecule has 258 valence electrons. The number of carbonyl (C=O) groups is 2. The molecule has 0 fully saturated rings. The fourth-order valence-corrected chi connectivity index (χ4v) is 8.36. The predicted octanol–water partition coefficient (Wildman–Crippen LogP) is 10.9. The molecule has 9 heteroatoms. The second kappa shape index (κ2) is 47.5. The average Bonchev–Trinajstić information content (AvgIpc) is 3.00. The number of unbranched alkanes of at least 4 members (excludes halogenated alkanes) is 18. The first kappa shape index (κ1) is 48.5. The van der Waals surface area contributed by atoms with Crippen LogP contribution in [0.2, 0.25) is 8.87 Å². The van der Waals surface area contributed by atoms with Gasteiger partial charge in [0.2, 0.25) is 0 Å². The van der Waals surface area contributed by atoms with Crippen LogP contribution in [-0.2, 0) is 19.1 Å². The van der Waals surface area contributed by atoms with Gasteiger partial charge in [0, 0.05) is 23.0 Å². The standard InChI is InChI=1S/2C12H25.2C5H10O2S2.Sn/c2*1-3-5-7-9-11-12-10-8-6-4-2;2*6-5(1-3-8)7-2-4-9;/h2*1,3-12H2,2H3;2*8-9H,1-4H2;. The van der Waals surface area contributed by atoms with Gasteiger partial charge in [0.25, 0.3) is 0 Å². The summed E-state index contributed by atoms with van der Waals surface area (Å²) in [5.41, 5.74) is 0. The van der Waals surface area contributed by atoms with Crippen LogP contribution in [0, 0.1) is 0 Å². The molecule has 0 aromatic rings. The topological polar surface area (TPSA) is 52.6 Å². The van der Waals surface area contributed by atoms with Crippen LogP contribution < -0.4 is 0 Å². The van der Waals surface area contributed by atoms with Gasteiger partial charge in [0.1, 0.15) is 13.2 Å². The Morgan fingerprint density at radius 1 is 0.442 bits per heavy atom. The molecular formula is C34H70O4S4Sn. The van der Waals surface area contributed by atoms with Gasteiger partial charge in [0.15, 0.2) is 0 Å². The summed E-state index contributed by atoms with van der Waals surface area (Å²) >= 11 is 15.5. The van der Waals surface area contributed by atoms with E-state index in [2.05, 4.69) is 73.8 Å². The minimum atomic E-state index is -0.195. The number of thiol groups is 4. The number of esters is 2. The first-order chi connectivity index (χ1) is 21.0. The van der Waals surface area contributed by atoms with E-state index in [1.807, 2.05) is 0 Å². The first-order valence-electron chi connectivity index (χ1n) is 17.5. The Morgan fingerprint density at radius 2 is 0.721 bits per heavy atom. The number of hydrogen-bond donors (Lipinski definition) is 4. The van der Waals surface area contributed by atoms with Crippen molar-refractivity contribution in [1.29, 1.82) is 0 Å². The zero-order valence-electron chi connectivity index (χ0n) is 28.1. The molecule has 0 aliphatic rings. The minimum Gasteiger partial charge on any atom is -0.465 e. The number of hydrogen-bond acceptors (Lipinski definition) is 8. The first-order valence-corrected chi connectivity index (χ1v) is 24.1. The zero-order chi connectivity index (χ0) is 32.5. The molecule has 0 saturated heterocycles. The van der Waals surface area contributed by atoms with Crippen LogP contribution in [-0.4, -0.2) is 69.3 Å². The molecule has 43 heavy (non-hydrogen) atoms. The average molecular weight is 790 g/mol. The monoisotopic (exact) mass is 790 g/mol. The fraction of sp³-hybridized carbons (Fsp3) is 0.941. The van der Waals surface area contributed by atoms with Crippen molar-refractivity contribution in [3.63, 3.8) is 0 Å². The number of carbonyl (C=O) groups excluding carboxylic acids is 2. The Labute approximate surface area is 300 Å². The molecule has 0 atom stereocenters. The van der Waals surface area contributed by atoms with E-state index in [0.717, 1.165) is 0 Å². The molecule has 2 radical (unpaired) electrons. The van der Waals surface area contributed by atoms with Crippen LogP contribution in [0.25, 0.3) is 0 Å². The molecule has 0 bridgehead atoms. The van der Waals surface area contributed by atoms with E-state index < -0.39 is 0 Å². The van der Waals surface area contributed by atoms with Gasteiger partial charge in [-0.1, -0.05) is 0 Å². The SMILES string of the molecule is CCCCCCCCCCC[CH2][Sn][CH2]CCCCCCCCCCC.O=C(CCS)OCCS.O=C(CCS)OCCS. The van der Waals surface area contributed by atoms with Crippen LogP contribution in [0.1, 0.15) is 155 Å². The van der Waals surface area contributed by atoms with Gasteiger partial charge in [-0.15, -0.1) is 0 Å². The van der Waals surface area contributed by atoms with Crippen molar-refractivity contribution >= 4 is 83.6 Å². The molecule has 0 aromatic carbocycles. The van der Waals surface area contributed by atoms with Crippen LogP contribution in [0.15, 0.2) is 0 Å². The van der Waals surface area contributed by atoms with Crippen LogP contribution >= 0.6 is 50.5 Å². The molecule has 0 aliphatic heterocycles. The van der Waals surface area contributed by atoms with E-state index in [0.29, 0.717) is 49.1 Å². The minimum absolute atomic E-state index is 0.0377. The maximum absolute atomic E-state index is 10.5. The molecule has 0 aromatic heterocycles. The summed E-state index contributed by atoms with van der Waals surface area (Å²) in [6, 6.07) is 0. The fourth-order valence-electron chi connectivity index (χ4n) is 4.25. The van der Waals surface area contributed by atoms with Gasteiger partial charge in [0.05, 0.1) is 12.8 Å². The van der Waals surface area contributed by atoms with Gasteiger partial charge in [-0.25, -0.2) is 0 Å². The molecule has 0 rings (SSSR count). The maximum atomic E-state index is 10.5. The molecule has 0 saturated carbocycles. The summed E-state index contributed by atoms with van der Waals surface area (Å²) in [7, 11) is 0. The molecule has 0 heterocycles. The summed E-state index contributed by atoms with van der Waals surface area (Å²) in [6.07, 6.45) is 30.6. The van der Waals surface area contributed by atoms with Crippen molar-refractivity contribution in [2.24, 2.45) is 0 Å². The van der Waals surface area contributed by atoms with Crippen molar-refractivity contribution in [3.8, 4) is 0 Å². The molecule has 0 amide bonds. The normalized spacial score (nSPS) is 10.4. The smallest absolute Gasteiger partial charge is 0.465 e. The third kappa shape index (κ3) is 52.9. The van der Waals surface area contributed by atoms with E-state index in [9.17, 15) is 9.59 Å². The van der Waals surface area contributed by atoms with Crippen molar-refractivity contribution < 1.29 is 19.1 Å². The molecule has 0 spiro atoms. The predicted molar refractivity (Wildman–Crippen MR) is 206 cm³/mol. The summed E-state index contributed by atoms with van der Waals surface area (Å²) in [5.74, 6) is 1.87. The molecule has 4 nitrogen and oxygen atoms in total. The Balaban J connectivity index is -0.000000722. The van der Waals surface area contributed by atoms with E-state index in [1.54, 1.807) is 21.7 Å². The summed E-state index contributed by atoms with van der Waals surface area (Å²) in [6.45, 7) is 5.41. The van der Waals surface area contributed by atoms with Crippen molar-refractivity contribution in [1.82, 2.24) is 0 Å². The number of ether oxygens (including phenoxy) is 2. The third-order valence-corrected chi connectivity index (χ3v) is 11.6. The second-order valence-electron chi connectivity index (χ2n) is 10.9. The summed E-state index contributed by atoms with van der Waals surface area (Å²) in [5, 5.41) is 0. The Bertz CT molecular complexity index is 487.